The lowest BCUT2D eigenvalue weighted by Gasteiger charge is -2.21. The van der Waals surface area contributed by atoms with Crippen LogP contribution < -0.4 is 10.6 Å². The number of nitrogens with one attached hydrogen (secondary N) is 2. The molecule has 2 amide bonds. The van der Waals surface area contributed by atoms with E-state index in [0.717, 1.165) is 5.56 Å². The molecule has 24 heavy (non-hydrogen) atoms. The van der Waals surface area contributed by atoms with Crippen LogP contribution in [-0.2, 0) is 11.3 Å². The Balaban J connectivity index is 1.95. The summed E-state index contributed by atoms with van der Waals surface area (Å²) in [5.41, 5.74) is 1.47. The molecule has 0 aliphatic heterocycles. The smallest absolute Gasteiger partial charge is 0.262 e. The van der Waals surface area contributed by atoms with Crippen molar-refractivity contribution in [3.05, 3.63) is 57.8 Å². The minimum atomic E-state index is -0.599. The van der Waals surface area contributed by atoms with Crippen LogP contribution in [0.15, 0.2) is 41.8 Å². The first-order valence-corrected chi connectivity index (χ1v) is 8.50. The van der Waals surface area contributed by atoms with Crippen molar-refractivity contribution >= 4 is 23.2 Å². The number of hydrogen-bond donors (Lipinski definition) is 2. The monoisotopic (exact) mass is 341 g/mol. The van der Waals surface area contributed by atoms with Crippen LogP contribution in [0.1, 0.15) is 34.6 Å². The largest absolute Gasteiger partial charge is 0.350 e. The number of nitrogens with zero attached hydrogens (tertiary/aromatic N) is 1. The second kappa shape index (κ2) is 8.27. The summed E-state index contributed by atoms with van der Waals surface area (Å²) in [6, 6.07) is 12.0. The quantitative estimate of drug-likeness (QED) is 0.847. The highest BCUT2D eigenvalue weighted by molar-refractivity contribution is 7.12. The Bertz CT molecular complexity index is 731. The average molecular weight is 341 g/mol. The summed E-state index contributed by atoms with van der Waals surface area (Å²) in [5, 5.41) is 16.2. The second-order valence-corrected chi connectivity index (χ2v) is 6.65. The number of nitriles is 1. The summed E-state index contributed by atoms with van der Waals surface area (Å²) in [6.45, 7) is 4.13. The summed E-state index contributed by atoms with van der Waals surface area (Å²) in [7, 11) is 0. The fraction of sp³-hybridized carbons (Fsp3) is 0.278. The van der Waals surface area contributed by atoms with Gasteiger partial charge in [0.1, 0.15) is 6.04 Å². The molecule has 1 unspecified atom stereocenters. The Hall–Kier alpha value is -2.65. The zero-order valence-corrected chi connectivity index (χ0v) is 14.4. The first-order chi connectivity index (χ1) is 11.5. The van der Waals surface area contributed by atoms with Crippen LogP contribution in [0.2, 0.25) is 0 Å². The van der Waals surface area contributed by atoms with E-state index in [1.54, 1.807) is 36.4 Å². The normalized spacial score (nSPS) is 11.6. The Labute approximate surface area is 145 Å². The summed E-state index contributed by atoms with van der Waals surface area (Å²) in [5.74, 6) is -0.494. The molecule has 0 fully saturated rings. The van der Waals surface area contributed by atoms with Crippen molar-refractivity contribution in [2.45, 2.75) is 26.4 Å². The number of hydrogen-bond acceptors (Lipinski definition) is 4. The summed E-state index contributed by atoms with van der Waals surface area (Å²) in [6.07, 6.45) is 0. The highest BCUT2D eigenvalue weighted by Crippen LogP contribution is 2.10. The van der Waals surface area contributed by atoms with Gasteiger partial charge in [-0.3, -0.25) is 9.59 Å². The van der Waals surface area contributed by atoms with Crippen LogP contribution in [0, 0.1) is 17.2 Å². The maximum absolute atomic E-state index is 12.4. The first-order valence-electron chi connectivity index (χ1n) is 7.62. The summed E-state index contributed by atoms with van der Waals surface area (Å²) < 4.78 is 0. The van der Waals surface area contributed by atoms with Gasteiger partial charge in [-0.1, -0.05) is 32.0 Å². The molecule has 1 aromatic heterocycles. The van der Waals surface area contributed by atoms with Crippen LogP contribution in [0.4, 0.5) is 0 Å². The topological polar surface area (TPSA) is 82.0 Å². The number of carbonyl (C=O) groups is 2. The molecule has 0 radical (unpaired) electrons. The third-order valence-electron chi connectivity index (χ3n) is 3.53. The number of carbonyl (C=O) groups excluding carboxylic acids is 2. The lowest BCUT2D eigenvalue weighted by atomic mass is 10.0. The van der Waals surface area contributed by atoms with E-state index < -0.39 is 6.04 Å². The van der Waals surface area contributed by atoms with E-state index in [-0.39, 0.29) is 17.7 Å². The molecular formula is C18H19N3O2S. The van der Waals surface area contributed by atoms with Crippen molar-refractivity contribution in [1.29, 1.82) is 5.26 Å². The van der Waals surface area contributed by atoms with Crippen LogP contribution in [0.3, 0.4) is 0 Å². The fourth-order valence-electron chi connectivity index (χ4n) is 2.15. The SMILES string of the molecule is CC(C)C(NC(=O)c1cccs1)C(=O)NCc1ccc(C#N)cc1. The van der Waals surface area contributed by atoms with Gasteiger partial charge in [0.05, 0.1) is 16.5 Å². The molecule has 1 heterocycles. The van der Waals surface area contributed by atoms with Crippen LogP contribution in [0.5, 0.6) is 0 Å². The van der Waals surface area contributed by atoms with Gasteiger partial charge in [0, 0.05) is 6.54 Å². The zero-order chi connectivity index (χ0) is 17.5. The van der Waals surface area contributed by atoms with Crippen LogP contribution >= 0.6 is 11.3 Å². The van der Waals surface area contributed by atoms with Gasteiger partial charge in [-0.05, 0) is 35.1 Å². The molecule has 2 N–H and O–H groups in total. The maximum Gasteiger partial charge on any atom is 0.262 e. The molecule has 0 aliphatic carbocycles. The average Bonchev–Trinajstić information content (AvgIpc) is 3.12. The zero-order valence-electron chi connectivity index (χ0n) is 13.6. The van der Waals surface area contributed by atoms with E-state index in [0.29, 0.717) is 17.0 Å². The lowest BCUT2D eigenvalue weighted by Crippen LogP contribution is -2.49. The lowest BCUT2D eigenvalue weighted by molar-refractivity contribution is -0.124. The number of thiophene rings is 1. The van der Waals surface area contributed by atoms with E-state index in [2.05, 4.69) is 16.7 Å². The summed E-state index contributed by atoms with van der Waals surface area (Å²) in [4.78, 5) is 25.2. The predicted octanol–water partition coefficient (Wildman–Crippen LogP) is 2.69. The second-order valence-electron chi connectivity index (χ2n) is 5.70. The van der Waals surface area contributed by atoms with Gasteiger partial charge >= 0.3 is 0 Å². The van der Waals surface area contributed by atoms with E-state index in [1.807, 2.05) is 19.2 Å². The number of benzene rings is 1. The standard InChI is InChI=1S/C18H19N3O2S/c1-12(2)16(21-17(22)15-4-3-9-24-15)18(23)20-11-14-7-5-13(10-19)6-8-14/h3-9,12,16H,11H2,1-2H3,(H,20,23)(H,21,22). The van der Waals surface area contributed by atoms with E-state index >= 15 is 0 Å². The Kier molecular flexibility index (Phi) is 6.10. The first kappa shape index (κ1) is 17.7. The van der Waals surface area contributed by atoms with Crippen molar-refractivity contribution in [2.24, 2.45) is 5.92 Å². The fourth-order valence-corrected chi connectivity index (χ4v) is 2.78. The molecule has 5 nitrogen and oxygen atoms in total. The molecule has 0 saturated heterocycles. The molecule has 0 spiro atoms. The van der Waals surface area contributed by atoms with Crippen molar-refractivity contribution in [1.82, 2.24) is 10.6 Å². The van der Waals surface area contributed by atoms with E-state index in [4.69, 9.17) is 5.26 Å². The van der Waals surface area contributed by atoms with Gasteiger partial charge in [-0.2, -0.15) is 5.26 Å². The Morgan fingerprint density at radius 1 is 1.21 bits per heavy atom. The Morgan fingerprint density at radius 3 is 2.46 bits per heavy atom. The van der Waals surface area contributed by atoms with Crippen LogP contribution in [-0.4, -0.2) is 17.9 Å². The molecule has 0 saturated carbocycles. The van der Waals surface area contributed by atoms with E-state index in [1.165, 1.54) is 11.3 Å². The van der Waals surface area contributed by atoms with Gasteiger partial charge in [-0.15, -0.1) is 11.3 Å². The van der Waals surface area contributed by atoms with Crippen molar-refractivity contribution in [3.63, 3.8) is 0 Å². The highest BCUT2D eigenvalue weighted by atomic mass is 32.1. The molecule has 0 bridgehead atoms. The van der Waals surface area contributed by atoms with E-state index in [9.17, 15) is 9.59 Å². The van der Waals surface area contributed by atoms with Gasteiger partial charge < -0.3 is 10.6 Å². The molecule has 124 valence electrons. The molecule has 1 atom stereocenters. The highest BCUT2D eigenvalue weighted by Gasteiger charge is 2.24. The number of amides is 2. The third kappa shape index (κ3) is 4.67. The van der Waals surface area contributed by atoms with Gasteiger partial charge in [0.15, 0.2) is 0 Å². The summed E-state index contributed by atoms with van der Waals surface area (Å²) >= 11 is 1.34. The molecule has 2 aromatic rings. The van der Waals surface area contributed by atoms with Crippen molar-refractivity contribution < 1.29 is 9.59 Å². The van der Waals surface area contributed by atoms with Gasteiger partial charge in [0.25, 0.3) is 5.91 Å². The van der Waals surface area contributed by atoms with Crippen molar-refractivity contribution in [2.75, 3.05) is 0 Å². The molecule has 2 rings (SSSR count). The molecule has 6 heteroatoms. The predicted molar refractivity (Wildman–Crippen MR) is 93.4 cm³/mol. The van der Waals surface area contributed by atoms with Gasteiger partial charge in [-0.25, -0.2) is 0 Å². The van der Waals surface area contributed by atoms with Crippen molar-refractivity contribution in [3.8, 4) is 6.07 Å². The minimum absolute atomic E-state index is 0.0325. The van der Waals surface area contributed by atoms with Gasteiger partial charge in [0.2, 0.25) is 5.91 Å². The molecule has 1 aromatic carbocycles. The minimum Gasteiger partial charge on any atom is -0.350 e. The molecule has 0 aliphatic rings. The maximum atomic E-state index is 12.4. The molecular weight excluding hydrogens is 322 g/mol. The van der Waals surface area contributed by atoms with Crippen LogP contribution in [0.25, 0.3) is 0 Å². The third-order valence-corrected chi connectivity index (χ3v) is 4.40. The number of rotatable bonds is 6. The Morgan fingerprint density at radius 2 is 1.92 bits per heavy atom.